The van der Waals surface area contributed by atoms with Gasteiger partial charge in [-0.3, -0.25) is 0 Å². The van der Waals surface area contributed by atoms with Gasteiger partial charge >= 0.3 is 0 Å². The lowest BCUT2D eigenvalue weighted by Gasteiger charge is -2.14. The van der Waals surface area contributed by atoms with Gasteiger partial charge in [0.25, 0.3) is 0 Å². The van der Waals surface area contributed by atoms with Gasteiger partial charge < -0.3 is 0 Å². The third-order valence-electron chi connectivity index (χ3n) is 3.00. The van der Waals surface area contributed by atoms with E-state index in [2.05, 4.69) is 52.9 Å². The molecule has 1 aromatic heterocycles. The van der Waals surface area contributed by atoms with Crippen LogP contribution in [-0.2, 0) is 6.42 Å². The van der Waals surface area contributed by atoms with E-state index < -0.39 is 0 Å². The van der Waals surface area contributed by atoms with Crippen molar-refractivity contribution in [1.29, 1.82) is 0 Å². The van der Waals surface area contributed by atoms with Crippen LogP contribution in [-0.4, -0.2) is 21.7 Å². The van der Waals surface area contributed by atoms with Crippen molar-refractivity contribution in [3.05, 3.63) is 41.7 Å². The minimum Gasteiger partial charge on any atom is -0.198 e. The number of aromatic nitrogens is 3. The van der Waals surface area contributed by atoms with E-state index in [0.29, 0.717) is 5.92 Å². The third kappa shape index (κ3) is 3.09. The number of rotatable bonds is 5. The van der Waals surface area contributed by atoms with Gasteiger partial charge in [-0.05, 0) is 42.7 Å². The van der Waals surface area contributed by atoms with Gasteiger partial charge in [-0.1, -0.05) is 19.1 Å². The van der Waals surface area contributed by atoms with Crippen LogP contribution in [0.5, 0.6) is 0 Å². The van der Waals surface area contributed by atoms with Gasteiger partial charge in [0.2, 0.25) is 0 Å². The van der Waals surface area contributed by atoms with E-state index in [0.717, 1.165) is 18.5 Å². The number of H-pyrrole nitrogens is 1. The van der Waals surface area contributed by atoms with E-state index in [1.807, 2.05) is 0 Å². The van der Waals surface area contributed by atoms with E-state index >= 15 is 0 Å². The zero-order valence-corrected chi connectivity index (χ0v) is 11.0. The fourth-order valence-electron chi connectivity index (χ4n) is 1.95. The molecule has 0 spiro atoms. The van der Waals surface area contributed by atoms with Crippen molar-refractivity contribution in [3.8, 4) is 0 Å². The summed E-state index contributed by atoms with van der Waals surface area (Å²) in [6, 6.07) is 8.82. The lowest BCUT2D eigenvalue weighted by Crippen LogP contribution is -2.02. The van der Waals surface area contributed by atoms with Crippen molar-refractivity contribution >= 4 is 11.8 Å². The minimum atomic E-state index is 0.524. The summed E-state index contributed by atoms with van der Waals surface area (Å²) >= 11 is 1.77. The van der Waals surface area contributed by atoms with Crippen LogP contribution in [0.2, 0.25) is 0 Å². The Kier molecular flexibility index (Phi) is 4.20. The van der Waals surface area contributed by atoms with Crippen molar-refractivity contribution in [1.82, 2.24) is 15.4 Å². The van der Waals surface area contributed by atoms with Crippen LogP contribution in [0.15, 0.2) is 35.4 Å². The van der Waals surface area contributed by atoms with Gasteiger partial charge in [0.05, 0.1) is 11.9 Å². The summed E-state index contributed by atoms with van der Waals surface area (Å²) in [7, 11) is 0. The van der Waals surface area contributed by atoms with Crippen LogP contribution in [0.3, 0.4) is 0 Å². The second-order valence-electron chi connectivity index (χ2n) is 4.04. The zero-order chi connectivity index (χ0) is 12.1. The molecule has 1 atom stereocenters. The first-order valence-corrected chi connectivity index (χ1v) is 7.04. The first-order chi connectivity index (χ1) is 8.33. The Labute approximate surface area is 106 Å². The van der Waals surface area contributed by atoms with E-state index in [9.17, 15) is 0 Å². The summed E-state index contributed by atoms with van der Waals surface area (Å²) in [5, 5.41) is 10.6. The molecule has 1 aromatic carbocycles. The van der Waals surface area contributed by atoms with Crippen LogP contribution >= 0.6 is 11.8 Å². The number of benzene rings is 1. The summed E-state index contributed by atoms with van der Waals surface area (Å²) in [6.45, 7) is 2.22. The third-order valence-corrected chi connectivity index (χ3v) is 3.74. The van der Waals surface area contributed by atoms with Crippen molar-refractivity contribution in [2.24, 2.45) is 0 Å². The number of nitrogens with zero attached hydrogens (tertiary/aromatic N) is 2. The van der Waals surface area contributed by atoms with Crippen LogP contribution in [0.4, 0.5) is 0 Å². The van der Waals surface area contributed by atoms with E-state index in [1.54, 1.807) is 18.0 Å². The molecule has 0 aliphatic carbocycles. The van der Waals surface area contributed by atoms with Crippen molar-refractivity contribution in [2.45, 2.75) is 30.6 Å². The van der Waals surface area contributed by atoms with Gasteiger partial charge in [0.15, 0.2) is 0 Å². The summed E-state index contributed by atoms with van der Waals surface area (Å²) in [4.78, 5) is 1.31. The number of thioether (sulfide) groups is 1. The number of hydrogen-bond donors (Lipinski definition) is 1. The van der Waals surface area contributed by atoms with Gasteiger partial charge in [0.1, 0.15) is 0 Å². The molecule has 0 saturated heterocycles. The molecule has 3 nitrogen and oxygen atoms in total. The highest BCUT2D eigenvalue weighted by Crippen LogP contribution is 2.25. The summed E-state index contributed by atoms with van der Waals surface area (Å²) < 4.78 is 0. The number of hydrogen-bond acceptors (Lipinski definition) is 3. The van der Waals surface area contributed by atoms with E-state index in [1.165, 1.54) is 10.5 Å². The molecule has 0 saturated carbocycles. The first kappa shape index (κ1) is 12.2. The second kappa shape index (κ2) is 5.87. The molecule has 0 amide bonds. The molecule has 0 bridgehead atoms. The fraction of sp³-hybridized carbons (Fsp3) is 0.385. The summed E-state index contributed by atoms with van der Waals surface area (Å²) in [5.41, 5.74) is 2.42. The Morgan fingerprint density at radius 1 is 1.29 bits per heavy atom. The Balaban J connectivity index is 2.11. The molecule has 2 rings (SSSR count). The van der Waals surface area contributed by atoms with Gasteiger partial charge in [-0.15, -0.1) is 11.8 Å². The lowest BCUT2D eigenvalue weighted by atomic mass is 9.92. The average molecular weight is 247 g/mol. The van der Waals surface area contributed by atoms with Crippen molar-refractivity contribution < 1.29 is 0 Å². The van der Waals surface area contributed by atoms with Gasteiger partial charge in [-0.2, -0.15) is 15.4 Å². The quantitative estimate of drug-likeness (QED) is 0.824. The lowest BCUT2D eigenvalue weighted by molar-refractivity contribution is 0.647. The van der Waals surface area contributed by atoms with Gasteiger partial charge in [-0.25, -0.2) is 0 Å². The maximum atomic E-state index is 4.12. The Hall–Kier alpha value is -1.29. The molecule has 0 aliphatic rings. The fourth-order valence-corrected chi connectivity index (χ4v) is 2.36. The van der Waals surface area contributed by atoms with E-state index in [4.69, 9.17) is 0 Å². The highest BCUT2D eigenvalue weighted by atomic mass is 32.2. The maximum absolute atomic E-state index is 4.12. The van der Waals surface area contributed by atoms with Crippen molar-refractivity contribution in [2.75, 3.05) is 6.26 Å². The van der Waals surface area contributed by atoms with Crippen LogP contribution in [0.1, 0.15) is 30.5 Å². The van der Waals surface area contributed by atoms with Gasteiger partial charge in [0, 0.05) is 4.90 Å². The Morgan fingerprint density at radius 2 is 2.06 bits per heavy atom. The molecule has 4 heteroatoms. The predicted octanol–water partition coefficient (Wildman–Crippen LogP) is 3.26. The Bertz CT molecular complexity index is 436. The SMILES string of the molecule is CCC(Cc1cn[nH]n1)c1ccc(SC)cc1. The molecule has 0 radical (unpaired) electrons. The number of nitrogens with one attached hydrogen (secondary N) is 1. The van der Waals surface area contributed by atoms with Crippen LogP contribution in [0, 0.1) is 0 Å². The summed E-state index contributed by atoms with van der Waals surface area (Å²) in [5.74, 6) is 0.524. The van der Waals surface area contributed by atoms with Crippen LogP contribution < -0.4 is 0 Å². The summed E-state index contributed by atoms with van der Waals surface area (Å²) in [6.07, 6.45) is 5.97. The predicted molar refractivity (Wildman–Crippen MR) is 71.3 cm³/mol. The highest BCUT2D eigenvalue weighted by Gasteiger charge is 2.11. The monoisotopic (exact) mass is 247 g/mol. The molecule has 1 heterocycles. The topological polar surface area (TPSA) is 41.6 Å². The first-order valence-electron chi connectivity index (χ1n) is 5.82. The molecular weight excluding hydrogens is 230 g/mol. The molecule has 90 valence electrons. The molecule has 2 aromatic rings. The van der Waals surface area contributed by atoms with Crippen molar-refractivity contribution in [3.63, 3.8) is 0 Å². The molecule has 1 unspecified atom stereocenters. The highest BCUT2D eigenvalue weighted by molar-refractivity contribution is 7.98. The maximum Gasteiger partial charge on any atom is 0.0830 e. The number of aromatic amines is 1. The Morgan fingerprint density at radius 3 is 2.59 bits per heavy atom. The molecule has 0 aliphatic heterocycles. The standard InChI is InChI=1S/C13H17N3S/c1-3-10(8-12-9-14-16-15-12)11-4-6-13(17-2)7-5-11/h4-7,9-10H,3,8H2,1-2H3,(H,14,15,16). The normalized spacial score (nSPS) is 12.6. The minimum absolute atomic E-state index is 0.524. The smallest absolute Gasteiger partial charge is 0.0830 e. The zero-order valence-electron chi connectivity index (χ0n) is 10.2. The van der Waals surface area contributed by atoms with Crippen LogP contribution in [0.25, 0.3) is 0 Å². The molecular formula is C13H17N3S. The molecule has 0 fully saturated rings. The largest absolute Gasteiger partial charge is 0.198 e. The molecule has 17 heavy (non-hydrogen) atoms. The molecule has 1 N–H and O–H groups in total. The van der Waals surface area contributed by atoms with E-state index in [-0.39, 0.29) is 0 Å². The average Bonchev–Trinajstić information content (AvgIpc) is 2.89. The second-order valence-corrected chi connectivity index (χ2v) is 4.92.